The van der Waals surface area contributed by atoms with E-state index in [2.05, 4.69) is 5.32 Å². The smallest absolute Gasteiger partial charge is 0.337 e. The third-order valence-electron chi connectivity index (χ3n) is 2.81. The third-order valence-corrected chi connectivity index (χ3v) is 2.81. The fourth-order valence-corrected chi connectivity index (χ4v) is 1.87. The molecule has 0 bridgehead atoms. The van der Waals surface area contributed by atoms with Gasteiger partial charge < -0.3 is 15.2 Å². The standard InChI is InChI=1S/C16H15NO4/c1-2-21-12-7-5-6-11(10-12)15(18)17-14-9-4-3-8-13(14)16(19)20/h3-10H,2H2,1H3,(H,17,18)(H,19,20). The van der Waals surface area contributed by atoms with Crippen LogP contribution in [0.4, 0.5) is 5.69 Å². The highest BCUT2D eigenvalue weighted by Gasteiger charge is 2.13. The topological polar surface area (TPSA) is 75.6 Å². The second-order valence-electron chi connectivity index (χ2n) is 4.27. The predicted molar refractivity (Wildman–Crippen MR) is 79.0 cm³/mol. The van der Waals surface area contributed by atoms with Gasteiger partial charge in [-0.05, 0) is 37.3 Å². The van der Waals surface area contributed by atoms with Gasteiger partial charge in [0, 0.05) is 5.56 Å². The normalized spacial score (nSPS) is 9.95. The Hall–Kier alpha value is -2.82. The summed E-state index contributed by atoms with van der Waals surface area (Å²) >= 11 is 0. The Labute approximate surface area is 122 Å². The predicted octanol–water partition coefficient (Wildman–Crippen LogP) is 3.04. The summed E-state index contributed by atoms with van der Waals surface area (Å²) in [5.41, 5.74) is 0.713. The monoisotopic (exact) mass is 285 g/mol. The van der Waals surface area contributed by atoms with Crippen LogP contribution in [0.25, 0.3) is 0 Å². The molecule has 5 heteroatoms. The van der Waals surface area contributed by atoms with Gasteiger partial charge in [0.15, 0.2) is 0 Å². The minimum Gasteiger partial charge on any atom is -0.494 e. The molecular weight excluding hydrogens is 270 g/mol. The van der Waals surface area contributed by atoms with Gasteiger partial charge in [-0.15, -0.1) is 0 Å². The van der Waals surface area contributed by atoms with Gasteiger partial charge in [0.25, 0.3) is 5.91 Å². The summed E-state index contributed by atoms with van der Waals surface area (Å²) in [4.78, 5) is 23.3. The fraction of sp³-hybridized carbons (Fsp3) is 0.125. The van der Waals surface area contributed by atoms with E-state index >= 15 is 0 Å². The average molecular weight is 285 g/mol. The number of rotatable bonds is 5. The van der Waals surface area contributed by atoms with Crippen LogP contribution < -0.4 is 10.1 Å². The first-order valence-corrected chi connectivity index (χ1v) is 6.48. The van der Waals surface area contributed by atoms with Crippen molar-refractivity contribution in [2.75, 3.05) is 11.9 Å². The van der Waals surface area contributed by atoms with Crippen LogP contribution in [0.15, 0.2) is 48.5 Å². The number of ether oxygens (including phenoxy) is 1. The number of carboxylic acid groups (broad SMARTS) is 1. The molecule has 0 aliphatic carbocycles. The lowest BCUT2D eigenvalue weighted by Gasteiger charge is -2.09. The van der Waals surface area contributed by atoms with Gasteiger partial charge in [0.1, 0.15) is 5.75 Å². The molecule has 0 aliphatic heterocycles. The molecule has 0 aromatic heterocycles. The Morgan fingerprint density at radius 3 is 2.62 bits per heavy atom. The molecule has 1 amide bonds. The van der Waals surface area contributed by atoms with Crippen LogP contribution in [-0.4, -0.2) is 23.6 Å². The maximum Gasteiger partial charge on any atom is 0.337 e. The molecule has 0 fully saturated rings. The minimum atomic E-state index is -1.09. The number of carboxylic acids is 1. The lowest BCUT2D eigenvalue weighted by Crippen LogP contribution is -2.14. The van der Waals surface area contributed by atoms with Gasteiger partial charge >= 0.3 is 5.97 Å². The van der Waals surface area contributed by atoms with Gasteiger partial charge in [-0.2, -0.15) is 0 Å². The zero-order valence-electron chi connectivity index (χ0n) is 11.5. The number of benzene rings is 2. The van der Waals surface area contributed by atoms with Crippen LogP contribution in [0.3, 0.4) is 0 Å². The SMILES string of the molecule is CCOc1cccc(C(=O)Nc2ccccc2C(=O)O)c1. The molecule has 0 saturated carbocycles. The summed E-state index contributed by atoms with van der Waals surface area (Å²) in [5, 5.41) is 11.7. The number of hydrogen-bond acceptors (Lipinski definition) is 3. The van der Waals surface area contributed by atoms with Gasteiger partial charge in [0.05, 0.1) is 17.9 Å². The Morgan fingerprint density at radius 1 is 1.14 bits per heavy atom. The van der Waals surface area contributed by atoms with E-state index in [0.717, 1.165) is 0 Å². The van der Waals surface area contributed by atoms with Crippen molar-refractivity contribution in [3.05, 3.63) is 59.7 Å². The number of hydrogen-bond donors (Lipinski definition) is 2. The number of aromatic carboxylic acids is 1. The first-order chi connectivity index (χ1) is 10.1. The van der Waals surface area contributed by atoms with E-state index in [-0.39, 0.29) is 17.2 Å². The van der Waals surface area contributed by atoms with Gasteiger partial charge in [-0.3, -0.25) is 4.79 Å². The molecule has 2 rings (SSSR count). The second-order valence-corrected chi connectivity index (χ2v) is 4.27. The molecule has 5 nitrogen and oxygen atoms in total. The Bertz CT molecular complexity index is 667. The zero-order chi connectivity index (χ0) is 15.2. The maximum absolute atomic E-state index is 12.2. The van der Waals surface area contributed by atoms with Crippen LogP contribution in [0.1, 0.15) is 27.6 Å². The maximum atomic E-state index is 12.2. The zero-order valence-corrected chi connectivity index (χ0v) is 11.5. The number of para-hydroxylation sites is 1. The first-order valence-electron chi connectivity index (χ1n) is 6.48. The van der Waals surface area contributed by atoms with Crippen molar-refractivity contribution in [3.8, 4) is 5.75 Å². The summed E-state index contributed by atoms with van der Waals surface area (Å²) in [7, 11) is 0. The van der Waals surface area contributed by atoms with Crippen LogP contribution in [0.2, 0.25) is 0 Å². The molecule has 0 unspecified atom stereocenters. The van der Waals surface area contributed by atoms with Crippen molar-refractivity contribution < 1.29 is 19.4 Å². The van der Waals surface area contributed by atoms with Gasteiger partial charge in [-0.1, -0.05) is 18.2 Å². The molecule has 21 heavy (non-hydrogen) atoms. The van der Waals surface area contributed by atoms with Crippen LogP contribution in [-0.2, 0) is 0 Å². The number of amides is 1. The van der Waals surface area contributed by atoms with Crippen LogP contribution >= 0.6 is 0 Å². The van der Waals surface area contributed by atoms with Crippen molar-refractivity contribution in [1.82, 2.24) is 0 Å². The van der Waals surface area contributed by atoms with Crippen molar-refractivity contribution in [2.45, 2.75) is 6.92 Å². The molecule has 0 spiro atoms. The largest absolute Gasteiger partial charge is 0.494 e. The summed E-state index contributed by atoms with van der Waals surface area (Å²) in [6.07, 6.45) is 0. The van der Waals surface area contributed by atoms with Crippen molar-refractivity contribution in [2.24, 2.45) is 0 Å². The van der Waals surface area contributed by atoms with Crippen molar-refractivity contribution in [1.29, 1.82) is 0 Å². The number of carbonyl (C=O) groups excluding carboxylic acids is 1. The number of anilines is 1. The van der Waals surface area contributed by atoms with E-state index in [1.165, 1.54) is 6.07 Å². The summed E-state index contributed by atoms with van der Waals surface area (Å²) in [6.45, 7) is 2.36. The number of nitrogens with one attached hydrogen (secondary N) is 1. The minimum absolute atomic E-state index is 0.0480. The number of carbonyl (C=O) groups is 2. The Morgan fingerprint density at radius 2 is 1.90 bits per heavy atom. The molecule has 0 heterocycles. The molecule has 0 aliphatic rings. The first kappa shape index (κ1) is 14.6. The van der Waals surface area contributed by atoms with E-state index in [1.807, 2.05) is 6.92 Å². The van der Waals surface area contributed by atoms with E-state index in [4.69, 9.17) is 9.84 Å². The fourth-order valence-electron chi connectivity index (χ4n) is 1.87. The average Bonchev–Trinajstić information content (AvgIpc) is 2.48. The van der Waals surface area contributed by atoms with Crippen LogP contribution in [0, 0.1) is 0 Å². The van der Waals surface area contributed by atoms with Crippen LogP contribution in [0.5, 0.6) is 5.75 Å². The molecule has 108 valence electrons. The van der Waals surface area contributed by atoms with E-state index in [1.54, 1.807) is 42.5 Å². The van der Waals surface area contributed by atoms with Gasteiger partial charge in [-0.25, -0.2) is 4.79 Å². The highest BCUT2D eigenvalue weighted by molar-refractivity contribution is 6.07. The van der Waals surface area contributed by atoms with Crippen molar-refractivity contribution in [3.63, 3.8) is 0 Å². The summed E-state index contributed by atoms with van der Waals surface area (Å²) in [6, 6.07) is 13.0. The third kappa shape index (κ3) is 3.60. The molecule has 0 saturated heterocycles. The van der Waals surface area contributed by atoms with E-state index < -0.39 is 5.97 Å². The van der Waals surface area contributed by atoms with Gasteiger partial charge in [0.2, 0.25) is 0 Å². The van der Waals surface area contributed by atoms with E-state index in [0.29, 0.717) is 17.9 Å². The lowest BCUT2D eigenvalue weighted by molar-refractivity contribution is 0.0698. The lowest BCUT2D eigenvalue weighted by atomic mass is 10.1. The highest BCUT2D eigenvalue weighted by atomic mass is 16.5. The highest BCUT2D eigenvalue weighted by Crippen LogP contribution is 2.18. The summed E-state index contributed by atoms with van der Waals surface area (Å²) in [5.74, 6) is -0.879. The Balaban J connectivity index is 2.22. The molecule has 2 aromatic carbocycles. The molecule has 0 atom stereocenters. The second kappa shape index (κ2) is 6.56. The molecule has 2 N–H and O–H groups in total. The molecular formula is C16H15NO4. The van der Waals surface area contributed by atoms with Crippen molar-refractivity contribution >= 4 is 17.6 Å². The quantitative estimate of drug-likeness (QED) is 0.885. The van der Waals surface area contributed by atoms with E-state index in [9.17, 15) is 9.59 Å². The molecule has 0 radical (unpaired) electrons. The Kier molecular flexibility index (Phi) is 4.56. The summed E-state index contributed by atoms with van der Waals surface area (Å²) < 4.78 is 5.33. The molecule has 2 aromatic rings.